The molecule has 0 radical (unpaired) electrons. The van der Waals surface area contributed by atoms with Gasteiger partial charge in [-0.3, -0.25) is 18.5 Å². The first-order valence-corrected chi connectivity index (χ1v) is 13.1. The van der Waals surface area contributed by atoms with E-state index in [1.807, 2.05) is 0 Å². The summed E-state index contributed by atoms with van der Waals surface area (Å²) in [5.41, 5.74) is -2.98. The maximum atomic E-state index is 14.8. The normalized spacial score (nSPS) is 24.6. The second-order valence-corrected chi connectivity index (χ2v) is 10.7. The van der Waals surface area contributed by atoms with E-state index >= 15 is 0 Å². The molecule has 1 fully saturated rings. The van der Waals surface area contributed by atoms with E-state index in [9.17, 15) is 42.6 Å². The van der Waals surface area contributed by atoms with Crippen LogP contribution < -0.4 is 11.2 Å². The number of halogens is 2. The van der Waals surface area contributed by atoms with E-state index in [1.165, 1.54) is 25.1 Å². The topological polar surface area (TPSA) is 207 Å². The van der Waals surface area contributed by atoms with Crippen LogP contribution in [0.25, 0.3) is 0 Å². The van der Waals surface area contributed by atoms with E-state index in [0.717, 1.165) is 18.3 Å². The Kier molecular flexibility index (Phi) is 8.18. The van der Waals surface area contributed by atoms with Crippen LogP contribution in [0.1, 0.15) is 17.4 Å². The summed E-state index contributed by atoms with van der Waals surface area (Å²) in [6, 6.07) is 6.43. The molecule has 0 aliphatic carbocycles. The van der Waals surface area contributed by atoms with Gasteiger partial charge in [-0.05, 0) is 6.92 Å². The van der Waals surface area contributed by atoms with Crippen LogP contribution in [0.4, 0.5) is 8.78 Å². The van der Waals surface area contributed by atoms with Crippen LogP contribution in [0.2, 0.25) is 0 Å². The molecule has 1 aromatic heterocycles. The van der Waals surface area contributed by atoms with E-state index < -0.39 is 76.1 Å². The van der Waals surface area contributed by atoms with Crippen molar-refractivity contribution < 1.29 is 56.4 Å². The Morgan fingerprint density at radius 2 is 1.69 bits per heavy atom. The van der Waals surface area contributed by atoms with Crippen molar-refractivity contribution in [2.75, 3.05) is 6.61 Å². The Morgan fingerprint density at radius 3 is 2.28 bits per heavy atom. The number of rotatable bonds is 9. The summed E-state index contributed by atoms with van der Waals surface area (Å²) in [7, 11) is -10.8. The Hall–Kier alpha value is -2.10. The molecule has 0 saturated carbocycles. The van der Waals surface area contributed by atoms with Crippen LogP contribution in [0.5, 0.6) is 0 Å². The SMILES string of the molecule is Cc1cn([C@@H]2O[C@H](COP(=O)(O)OP(=O)(O)O)C(O)[C@@H]2O)c(=O)n(CC(F)(F)c2ccccc2)c1=O. The van der Waals surface area contributed by atoms with Gasteiger partial charge >= 0.3 is 21.3 Å². The molecular weight excluding hydrogens is 536 g/mol. The largest absolute Gasteiger partial charge is 0.481 e. The summed E-state index contributed by atoms with van der Waals surface area (Å²) < 4.78 is 66.1. The maximum Gasteiger partial charge on any atom is 0.481 e. The molecule has 1 aliphatic heterocycles. The number of hydrogen-bond donors (Lipinski definition) is 5. The van der Waals surface area contributed by atoms with Crippen LogP contribution in [0.3, 0.4) is 0 Å². The molecule has 14 nitrogen and oxygen atoms in total. The summed E-state index contributed by atoms with van der Waals surface area (Å²) in [6.07, 6.45) is -6.25. The summed E-state index contributed by atoms with van der Waals surface area (Å²) in [5, 5.41) is 20.6. The molecule has 1 aliphatic rings. The van der Waals surface area contributed by atoms with Crippen LogP contribution in [0.15, 0.2) is 46.1 Å². The van der Waals surface area contributed by atoms with Gasteiger partial charge in [0, 0.05) is 17.3 Å². The zero-order valence-electron chi connectivity index (χ0n) is 18.3. The summed E-state index contributed by atoms with van der Waals surface area (Å²) in [6.45, 7) is -1.17. The number of aliphatic hydroxyl groups excluding tert-OH is 2. The third kappa shape index (κ3) is 6.42. The van der Waals surface area contributed by atoms with E-state index in [4.69, 9.17) is 14.5 Å². The van der Waals surface area contributed by atoms with E-state index in [0.29, 0.717) is 4.57 Å². The first-order valence-electron chi connectivity index (χ1n) is 10.0. The van der Waals surface area contributed by atoms with Crippen molar-refractivity contribution in [3.8, 4) is 0 Å². The molecule has 5 atom stereocenters. The van der Waals surface area contributed by atoms with E-state index in [2.05, 4.69) is 8.83 Å². The number of aromatic nitrogens is 2. The summed E-state index contributed by atoms with van der Waals surface area (Å²) in [5.74, 6) is -3.64. The minimum Gasteiger partial charge on any atom is -0.387 e. The average molecular weight is 558 g/mol. The van der Waals surface area contributed by atoms with E-state index in [-0.39, 0.29) is 10.1 Å². The molecule has 18 heteroatoms. The zero-order chi connectivity index (χ0) is 27.1. The molecule has 1 saturated heterocycles. The highest BCUT2D eigenvalue weighted by atomic mass is 31.3. The van der Waals surface area contributed by atoms with Crippen molar-refractivity contribution in [3.05, 3.63) is 68.5 Å². The smallest absolute Gasteiger partial charge is 0.387 e. The van der Waals surface area contributed by atoms with Crippen molar-refractivity contribution in [2.45, 2.75) is 43.9 Å². The van der Waals surface area contributed by atoms with Gasteiger partial charge in [-0.15, -0.1) is 0 Å². The number of aryl methyl sites for hydroxylation is 1. The minimum atomic E-state index is -5.43. The molecule has 2 heterocycles. The van der Waals surface area contributed by atoms with Crippen molar-refractivity contribution >= 4 is 15.6 Å². The fourth-order valence-corrected chi connectivity index (χ4v) is 5.07. The van der Waals surface area contributed by atoms with Gasteiger partial charge < -0.3 is 29.6 Å². The second-order valence-electron chi connectivity index (χ2n) is 7.85. The predicted octanol–water partition coefficient (Wildman–Crippen LogP) is -0.0441. The predicted molar refractivity (Wildman–Crippen MR) is 115 cm³/mol. The van der Waals surface area contributed by atoms with Crippen LogP contribution >= 0.6 is 15.6 Å². The Bertz CT molecular complexity index is 1310. The molecule has 0 spiro atoms. The van der Waals surface area contributed by atoms with Gasteiger partial charge in [0.15, 0.2) is 6.23 Å². The number of benzene rings is 1. The fraction of sp³-hybridized carbons (Fsp3) is 0.444. The number of nitrogens with zero attached hydrogens (tertiary/aromatic N) is 2. The average Bonchev–Trinajstić information content (AvgIpc) is 3.05. The third-order valence-corrected chi connectivity index (χ3v) is 7.29. The first kappa shape index (κ1) is 28.5. The Labute approximate surface area is 200 Å². The van der Waals surface area contributed by atoms with Gasteiger partial charge in [-0.1, -0.05) is 30.3 Å². The molecule has 2 aromatic rings. The Balaban J connectivity index is 1.88. The number of alkyl halides is 2. The third-order valence-electron chi connectivity index (χ3n) is 5.14. The van der Waals surface area contributed by atoms with Crippen molar-refractivity contribution in [1.82, 2.24) is 9.13 Å². The number of phosphoric acid groups is 2. The molecule has 3 rings (SSSR count). The molecule has 2 unspecified atom stereocenters. The molecule has 0 bridgehead atoms. The monoisotopic (exact) mass is 558 g/mol. The summed E-state index contributed by atoms with van der Waals surface area (Å²) in [4.78, 5) is 52.1. The first-order chi connectivity index (χ1) is 16.5. The van der Waals surface area contributed by atoms with Crippen molar-refractivity contribution in [2.24, 2.45) is 0 Å². The lowest BCUT2D eigenvalue weighted by Gasteiger charge is -2.22. The number of phosphoric ester groups is 1. The fourth-order valence-electron chi connectivity index (χ4n) is 3.47. The molecule has 200 valence electrons. The van der Waals surface area contributed by atoms with Gasteiger partial charge in [-0.25, -0.2) is 13.9 Å². The standard InChI is InChI=1S/C18H22F2N2O12P2/c1-10-7-21(17(26)22(15(10)25)9-18(19,20)11-5-3-2-4-6-11)16-14(24)13(23)12(33-16)8-32-36(30,31)34-35(27,28)29/h2-7,12-14,16,23-24H,8-9H2,1H3,(H,30,31)(H2,27,28,29)/t12-,13?,14+,16-/m1/s1. The minimum absolute atomic E-state index is 0.182. The number of hydrogen-bond acceptors (Lipinski definition) is 9. The zero-order valence-corrected chi connectivity index (χ0v) is 20.1. The number of aliphatic hydroxyl groups is 2. The maximum absolute atomic E-state index is 14.8. The highest BCUT2D eigenvalue weighted by Crippen LogP contribution is 2.57. The highest BCUT2D eigenvalue weighted by molar-refractivity contribution is 7.60. The van der Waals surface area contributed by atoms with Gasteiger partial charge in [0.25, 0.3) is 11.5 Å². The molecule has 1 aromatic carbocycles. The molecular formula is C18H22F2N2O12P2. The van der Waals surface area contributed by atoms with Crippen molar-refractivity contribution in [3.63, 3.8) is 0 Å². The molecule has 5 N–H and O–H groups in total. The number of ether oxygens (including phenoxy) is 1. The van der Waals surface area contributed by atoms with Crippen LogP contribution in [-0.4, -0.2) is 58.9 Å². The van der Waals surface area contributed by atoms with Gasteiger partial charge in [0.1, 0.15) is 18.3 Å². The van der Waals surface area contributed by atoms with Crippen LogP contribution in [-0.2, 0) is 35.2 Å². The van der Waals surface area contributed by atoms with Gasteiger partial charge in [0.2, 0.25) is 0 Å². The molecule has 36 heavy (non-hydrogen) atoms. The van der Waals surface area contributed by atoms with Gasteiger partial charge in [-0.2, -0.15) is 13.1 Å². The summed E-state index contributed by atoms with van der Waals surface area (Å²) >= 11 is 0. The van der Waals surface area contributed by atoms with Gasteiger partial charge in [0.05, 0.1) is 13.2 Å². The lowest BCUT2D eigenvalue weighted by atomic mass is 10.1. The van der Waals surface area contributed by atoms with Crippen molar-refractivity contribution in [1.29, 1.82) is 0 Å². The molecule has 0 amide bonds. The van der Waals surface area contributed by atoms with Crippen LogP contribution in [0, 0.1) is 6.92 Å². The highest BCUT2D eigenvalue weighted by Gasteiger charge is 2.46. The lowest BCUT2D eigenvalue weighted by Crippen LogP contribution is -2.46. The van der Waals surface area contributed by atoms with E-state index in [1.54, 1.807) is 0 Å². The Morgan fingerprint density at radius 1 is 1.08 bits per heavy atom. The lowest BCUT2D eigenvalue weighted by molar-refractivity contribution is -0.0570. The second kappa shape index (κ2) is 10.3. The quantitative estimate of drug-likeness (QED) is 0.257.